The third kappa shape index (κ3) is 3.20. The van der Waals surface area contributed by atoms with Gasteiger partial charge in [0, 0.05) is 17.6 Å². The summed E-state index contributed by atoms with van der Waals surface area (Å²) in [6.45, 7) is 4.70. The van der Waals surface area contributed by atoms with Crippen molar-refractivity contribution < 1.29 is 14.4 Å². The van der Waals surface area contributed by atoms with Gasteiger partial charge in [-0.1, -0.05) is 0 Å². The van der Waals surface area contributed by atoms with E-state index in [0.717, 1.165) is 36.6 Å². The fourth-order valence-electron chi connectivity index (χ4n) is 3.01. The van der Waals surface area contributed by atoms with Gasteiger partial charge in [-0.3, -0.25) is 14.0 Å². The van der Waals surface area contributed by atoms with Gasteiger partial charge < -0.3 is 9.64 Å². The molecule has 3 heterocycles. The highest BCUT2D eigenvalue weighted by Crippen LogP contribution is 2.10. The summed E-state index contributed by atoms with van der Waals surface area (Å²) < 4.78 is 6.68. The Labute approximate surface area is 132 Å². The second-order valence-electron chi connectivity index (χ2n) is 5.61. The minimum absolute atomic E-state index is 0.0322. The summed E-state index contributed by atoms with van der Waals surface area (Å²) in [7, 11) is 0. The lowest BCUT2D eigenvalue weighted by Gasteiger charge is -2.28. The average Bonchev–Trinajstić information content (AvgIpc) is 2.97. The number of hydrogen-bond donors (Lipinski definition) is 1. The number of piperidine rings is 1. The number of rotatable bonds is 4. The fourth-order valence-corrected chi connectivity index (χ4v) is 3.75. The van der Waals surface area contributed by atoms with Crippen LogP contribution in [0.15, 0.2) is 22.4 Å². The van der Waals surface area contributed by atoms with E-state index in [4.69, 9.17) is 4.74 Å². The van der Waals surface area contributed by atoms with Crippen molar-refractivity contribution in [2.45, 2.75) is 26.3 Å². The molecule has 0 saturated carbocycles. The monoisotopic (exact) mass is 322 g/mol. The van der Waals surface area contributed by atoms with E-state index in [9.17, 15) is 9.59 Å². The maximum absolute atomic E-state index is 12.0. The molecule has 1 aliphatic heterocycles. The molecule has 0 spiro atoms. The maximum atomic E-state index is 12.0. The summed E-state index contributed by atoms with van der Waals surface area (Å²) in [6.07, 6.45) is 3.63. The quantitative estimate of drug-likeness (QED) is 0.812. The summed E-state index contributed by atoms with van der Waals surface area (Å²) in [6, 6.07) is 1.60. The van der Waals surface area contributed by atoms with E-state index in [-0.39, 0.29) is 17.4 Å². The van der Waals surface area contributed by atoms with Crippen LogP contribution in [0.25, 0.3) is 4.96 Å². The number of fused-ring (bicyclic) bond motifs is 1. The first-order valence-corrected chi connectivity index (χ1v) is 8.51. The Morgan fingerprint density at radius 2 is 2.45 bits per heavy atom. The molecular formula is C15H20N3O3S+. The fraction of sp³-hybridized carbons (Fsp3) is 0.533. The molecule has 6 nitrogen and oxygen atoms in total. The lowest BCUT2D eigenvalue weighted by molar-refractivity contribution is -0.921. The molecule has 1 N–H and O–H groups in total. The van der Waals surface area contributed by atoms with Crippen LogP contribution in [0, 0.1) is 5.92 Å². The van der Waals surface area contributed by atoms with Crippen LogP contribution in [0.1, 0.15) is 25.5 Å². The van der Waals surface area contributed by atoms with Crippen molar-refractivity contribution >= 4 is 22.3 Å². The SMILES string of the molecule is CCOC(=O)[C@H]1CCC[NH+](Cc2cc(=O)n3ccsc3n2)C1. The highest BCUT2D eigenvalue weighted by atomic mass is 32.1. The van der Waals surface area contributed by atoms with Crippen LogP contribution >= 0.6 is 11.3 Å². The highest BCUT2D eigenvalue weighted by molar-refractivity contribution is 7.15. The van der Waals surface area contributed by atoms with E-state index < -0.39 is 0 Å². The van der Waals surface area contributed by atoms with Gasteiger partial charge in [0.05, 0.1) is 19.7 Å². The standard InChI is InChI=1S/C15H19N3O3S/c1-2-21-14(20)11-4-3-5-17(9-11)10-12-8-13(19)18-6-7-22-15(18)16-12/h6-8,11H,2-5,9-10H2,1H3/p+1/t11-/m0/s1. The lowest BCUT2D eigenvalue weighted by atomic mass is 9.98. The number of nitrogens with zero attached hydrogens (tertiary/aromatic N) is 2. The summed E-state index contributed by atoms with van der Waals surface area (Å²) in [5.74, 6) is -0.128. The van der Waals surface area contributed by atoms with Crippen molar-refractivity contribution in [1.29, 1.82) is 0 Å². The first kappa shape index (κ1) is 15.2. The number of hydrogen-bond acceptors (Lipinski definition) is 5. The van der Waals surface area contributed by atoms with E-state index in [1.807, 2.05) is 12.3 Å². The molecule has 1 saturated heterocycles. The second-order valence-corrected chi connectivity index (χ2v) is 6.49. The van der Waals surface area contributed by atoms with E-state index in [1.165, 1.54) is 16.2 Å². The van der Waals surface area contributed by atoms with Crippen molar-refractivity contribution in [3.05, 3.63) is 33.7 Å². The largest absolute Gasteiger partial charge is 0.466 e. The molecule has 118 valence electrons. The van der Waals surface area contributed by atoms with Gasteiger partial charge in [0.1, 0.15) is 18.2 Å². The molecule has 3 rings (SSSR count). The number of nitrogens with one attached hydrogen (secondary N) is 1. The van der Waals surface area contributed by atoms with Crippen molar-refractivity contribution in [1.82, 2.24) is 9.38 Å². The number of thiazole rings is 1. The van der Waals surface area contributed by atoms with E-state index in [2.05, 4.69) is 4.98 Å². The topological polar surface area (TPSA) is 65.1 Å². The van der Waals surface area contributed by atoms with Crippen LogP contribution in [0.2, 0.25) is 0 Å². The van der Waals surface area contributed by atoms with Crippen molar-refractivity contribution in [3.8, 4) is 0 Å². The van der Waals surface area contributed by atoms with Gasteiger partial charge in [-0.05, 0) is 19.8 Å². The smallest absolute Gasteiger partial charge is 0.314 e. The Kier molecular flexibility index (Phi) is 4.54. The van der Waals surface area contributed by atoms with E-state index >= 15 is 0 Å². The van der Waals surface area contributed by atoms with Gasteiger partial charge in [-0.15, -0.1) is 11.3 Å². The maximum Gasteiger partial charge on any atom is 0.314 e. The predicted molar refractivity (Wildman–Crippen MR) is 83.1 cm³/mol. The Morgan fingerprint density at radius 3 is 3.27 bits per heavy atom. The minimum Gasteiger partial charge on any atom is -0.466 e. The number of ether oxygens (including phenoxy) is 1. The van der Waals surface area contributed by atoms with Gasteiger partial charge in [-0.2, -0.15) is 0 Å². The number of aromatic nitrogens is 2. The Morgan fingerprint density at radius 1 is 1.59 bits per heavy atom. The number of likely N-dealkylation sites (tertiary alicyclic amines) is 1. The molecule has 2 atom stereocenters. The summed E-state index contributed by atoms with van der Waals surface area (Å²) in [5.41, 5.74) is 0.756. The Hall–Kier alpha value is -1.73. The summed E-state index contributed by atoms with van der Waals surface area (Å²) in [5, 5.41) is 1.86. The van der Waals surface area contributed by atoms with Crippen molar-refractivity contribution in [2.75, 3.05) is 19.7 Å². The van der Waals surface area contributed by atoms with Gasteiger partial charge >= 0.3 is 5.97 Å². The van der Waals surface area contributed by atoms with Crippen molar-refractivity contribution in [3.63, 3.8) is 0 Å². The van der Waals surface area contributed by atoms with E-state index in [0.29, 0.717) is 13.2 Å². The molecule has 22 heavy (non-hydrogen) atoms. The molecule has 0 bridgehead atoms. The molecule has 0 radical (unpaired) electrons. The van der Waals surface area contributed by atoms with Crippen LogP contribution in [0.4, 0.5) is 0 Å². The summed E-state index contributed by atoms with van der Waals surface area (Å²) >= 11 is 1.46. The first-order valence-electron chi connectivity index (χ1n) is 7.63. The Balaban J connectivity index is 1.71. The van der Waals surface area contributed by atoms with Gasteiger partial charge in [0.15, 0.2) is 4.96 Å². The number of carbonyl (C=O) groups is 1. The lowest BCUT2D eigenvalue weighted by Crippen LogP contribution is -3.12. The normalized spacial score (nSPS) is 21.9. The minimum atomic E-state index is -0.0959. The van der Waals surface area contributed by atoms with Crippen LogP contribution in [0.5, 0.6) is 0 Å². The average molecular weight is 322 g/mol. The Bertz CT molecular complexity index is 724. The third-order valence-electron chi connectivity index (χ3n) is 4.03. The zero-order valence-electron chi connectivity index (χ0n) is 12.6. The van der Waals surface area contributed by atoms with Gasteiger partial charge in [0.25, 0.3) is 5.56 Å². The van der Waals surface area contributed by atoms with Crippen LogP contribution in [-0.2, 0) is 16.1 Å². The zero-order valence-corrected chi connectivity index (χ0v) is 13.4. The van der Waals surface area contributed by atoms with Crippen LogP contribution in [-0.4, -0.2) is 35.1 Å². The predicted octanol–water partition coefficient (Wildman–Crippen LogP) is 0.114. The zero-order chi connectivity index (χ0) is 15.5. The van der Waals surface area contributed by atoms with Gasteiger partial charge in [0.2, 0.25) is 0 Å². The molecule has 7 heteroatoms. The molecule has 1 fully saturated rings. The number of quaternary nitrogens is 1. The first-order chi connectivity index (χ1) is 10.7. The second kappa shape index (κ2) is 6.58. The van der Waals surface area contributed by atoms with E-state index in [1.54, 1.807) is 16.7 Å². The molecule has 2 aromatic heterocycles. The number of carbonyl (C=O) groups excluding carboxylic acids is 1. The number of esters is 1. The highest BCUT2D eigenvalue weighted by Gasteiger charge is 2.30. The van der Waals surface area contributed by atoms with Crippen LogP contribution < -0.4 is 10.5 Å². The molecule has 1 aliphatic rings. The molecular weight excluding hydrogens is 302 g/mol. The van der Waals surface area contributed by atoms with Gasteiger partial charge in [-0.25, -0.2) is 4.98 Å². The van der Waals surface area contributed by atoms with Crippen molar-refractivity contribution in [2.24, 2.45) is 5.92 Å². The van der Waals surface area contributed by atoms with Crippen LogP contribution in [0.3, 0.4) is 0 Å². The molecule has 0 aromatic carbocycles. The molecule has 1 unspecified atom stereocenters. The molecule has 2 aromatic rings. The molecule has 0 aliphatic carbocycles. The third-order valence-corrected chi connectivity index (χ3v) is 4.78. The summed E-state index contributed by atoms with van der Waals surface area (Å²) in [4.78, 5) is 30.4. The molecule has 0 amide bonds.